The first-order chi connectivity index (χ1) is 12.1. The fraction of sp³-hybridized carbons (Fsp3) is 0.0500. The molecule has 4 rings (SSSR count). The van der Waals surface area contributed by atoms with E-state index >= 15 is 0 Å². The highest BCUT2D eigenvalue weighted by molar-refractivity contribution is 6.03. The average Bonchev–Trinajstić information content (AvgIpc) is 2.99. The fourth-order valence-electron chi connectivity index (χ4n) is 2.96. The number of benzene rings is 2. The van der Waals surface area contributed by atoms with E-state index in [1.54, 1.807) is 17.7 Å². The van der Waals surface area contributed by atoms with Crippen LogP contribution in [0.4, 0.5) is 0 Å². The number of aromatic nitrogens is 3. The molecule has 2 aromatic carbocycles. The molecule has 2 heterocycles. The first-order valence-corrected chi connectivity index (χ1v) is 7.87. The molecule has 0 N–H and O–H groups in total. The van der Waals surface area contributed by atoms with Gasteiger partial charge in [-0.25, -0.2) is 9.67 Å². The van der Waals surface area contributed by atoms with Crippen LogP contribution in [0.3, 0.4) is 0 Å². The quantitative estimate of drug-likeness (QED) is 0.580. The van der Waals surface area contributed by atoms with E-state index in [1.807, 2.05) is 60.7 Å². The standard InChI is InChI=1S/C20H15N3O2/c1-13-18-16(20(24)25)12-17(14-8-4-2-5-9-14)21-19(18)23(22-13)15-10-6-3-7-11-15/h2-12H,1H3,(H,24,25)/p-1. The molecule has 0 bridgehead atoms. The summed E-state index contributed by atoms with van der Waals surface area (Å²) in [5, 5.41) is 16.7. The van der Waals surface area contributed by atoms with E-state index in [-0.39, 0.29) is 5.56 Å². The van der Waals surface area contributed by atoms with Crippen molar-refractivity contribution < 1.29 is 9.90 Å². The van der Waals surface area contributed by atoms with Crippen molar-refractivity contribution in [3.63, 3.8) is 0 Å². The zero-order chi connectivity index (χ0) is 17.4. The van der Waals surface area contributed by atoms with Gasteiger partial charge in [-0.1, -0.05) is 48.5 Å². The Morgan fingerprint density at radius 2 is 1.64 bits per heavy atom. The molecule has 0 spiro atoms. The Morgan fingerprint density at radius 1 is 1.00 bits per heavy atom. The average molecular weight is 328 g/mol. The topological polar surface area (TPSA) is 70.8 Å². The van der Waals surface area contributed by atoms with Crippen molar-refractivity contribution in [2.45, 2.75) is 6.92 Å². The fourth-order valence-corrected chi connectivity index (χ4v) is 2.96. The van der Waals surface area contributed by atoms with Crippen LogP contribution < -0.4 is 5.11 Å². The van der Waals surface area contributed by atoms with Crippen LogP contribution >= 0.6 is 0 Å². The number of fused-ring (bicyclic) bond motifs is 1. The van der Waals surface area contributed by atoms with Crippen LogP contribution in [-0.2, 0) is 0 Å². The highest BCUT2D eigenvalue weighted by Gasteiger charge is 2.17. The predicted molar refractivity (Wildman–Crippen MR) is 93.4 cm³/mol. The number of rotatable bonds is 3. The van der Waals surface area contributed by atoms with Gasteiger partial charge in [0, 0.05) is 11.1 Å². The molecule has 0 aliphatic carbocycles. The Kier molecular flexibility index (Phi) is 3.54. The number of carboxylic acids is 1. The highest BCUT2D eigenvalue weighted by Crippen LogP contribution is 2.28. The Balaban J connectivity index is 2.07. The first kappa shape index (κ1) is 15.1. The minimum atomic E-state index is -1.24. The van der Waals surface area contributed by atoms with Crippen LogP contribution in [0.2, 0.25) is 0 Å². The maximum absolute atomic E-state index is 11.7. The molecule has 0 aliphatic rings. The number of hydrogen-bond donors (Lipinski definition) is 0. The third kappa shape index (κ3) is 2.55. The predicted octanol–water partition coefficient (Wildman–Crippen LogP) is 2.76. The van der Waals surface area contributed by atoms with E-state index in [4.69, 9.17) is 4.98 Å². The minimum Gasteiger partial charge on any atom is -0.545 e. The van der Waals surface area contributed by atoms with E-state index in [9.17, 15) is 9.90 Å². The summed E-state index contributed by atoms with van der Waals surface area (Å²) in [6.45, 7) is 1.78. The summed E-state index contributed by atoms with van der Waals surface area (Å²) in [6, 6.07) is 20.5. The molecule has 25 heavy (non-hydrogen) atoms. The van der Waals surface area contributed by atoms with Gasteiger partial charge >= 0.3 is 0 Å². The van der Waals surface area contributed by atoms with Gasteiger partial charge in [0.1, 0.15) is 0 Å². The number of carbonyl (C=O) groups excluding carboxylic acids is 1. The Morgan fingerprint density at radius 3 is 2.28 bits per heavy atom. The van der Waals surface area contributed by atoms with E-state index < -0.39 is 5.97 Å². The number of aryl methyl sites for hydroxylation is 1. The third-order valence-electron chi connectivity index (χ3n) is 4.10. The van der Waals surface area contributed by atoms with Gasteiger partial charge in [0.25, 0.3) is 0 Å². The summed E-state index contributed by atoms with van der Waals surface area (Å²) in [5.41, 5.74) is 3.44. The SMILES string of the molecule is Cc1nn(-c2ccccc2)c2nc(-c3ccccc3)cc(C(=O)[O-])c12. The Hall–Kier alpha value is -3.47. The molecule has 0 radical (unpaired) electrons. The number of hydrogen-bond acceptors (Lipinski definition) is 4. The minimum absolute atomic E-state index is 0.100. The summed E-state index contributed by atoms with van der Waals surface area (Å²) < 4.78 is 1.67. The molecule has 0 aliphatic heterocycles. The van der Waals surface area contributed by atoms with Crippen LogP contribution in [0.15, 0.2) is 66.7 Å². The van der Waals surface area contributed by atoms with Crippen molar-refractivity contribution in [2.24, 2.45) is 0 Å². The van der Waals surface area contributed by atoms with E-state index in [0.717, 1.165) is 11.3 Å². The van der Waals surface area contributed by atoms with Crippen molar-refractivity contribution in [2.75, 3.05) is 0 Å². The Bertz CT molecular complexity index is 1070. The molecule has 122 valence electrons. The van der Waals surface area contributed by atoms with Gasteiger partial charge in [0.15, 0.2) is 5.65 Å². The van der Waals surface area contributed by atoms with Crippen molar-refractivity contribution in [1.82, 2.24) is 14.8 Å². The maximum Gasteiger partial charge on any atom is 0.164 e. The second-order valence-corrected chi connectivity index (χ2v) is 5.74. The monoisotopic (exact) mass is 328 g/mol. The summed E-state index contributed by atoms with van der Waals surface area (Å²) >= 11 is 0. The van der Waals surface area contributed by atoms with Gasteiger partial charge < -0.3 is 9.90 Å². The van der Waals surface area contributed by atoms with Crippen LogP contribution in [0.5, 0.6) is 0 Å². The smallest absolute Gasteiger partial charge is 0.164 e. The number of aromatic carboxylic acids is 1. The zero-order valence-electron chi connectivity index (χ0n) is 13.5. The number of nitrogens with zero attached hydrogens (tertiary/aromatic N) is 3. The zero-order valence-corrected chi connectivity index (χ0v) is 13.5. The van der Waals surface area contributed by atoms with Crippen molar-refractivity contribution in [3.8, 4) is 16.9 Å². The number of para-hydroxylation sites is 1. The lowest BCUT2D eigenvalue weighted by Crippen LogP contribution is -2.23. The van der Waals surface area contributed by atoms with E-state index in [0.29, 0.717) is 22.4 Å². The van der Waals surface area contributed by atoms with Gasteiger partial charge in [-0.05, 0) is 25.1 Å². The molecule has 0 atom stereocenters. The summed E-state index contributed by atoms with van der Waals surface area (Å²) in [7, 11) is 0. The van der Waals surface area contributed by atoms with Gasteiger partial charge in [0.05, 0.1) is 28.4 Å². The van der Waals surface area contributed by atoms with Gasteiger partial charge in [-0.15, -0.1) is 0 Å². The number of carboxylic acid groups (broad SMARTS) is 1. The molecule has 0 fully saturated rings. The summed E-state index contributed by atoms with van der Waals surface area (Å²) in [4.78, 5) is 16.4. The molecular weight excluding hydrogens is 314 g/mol. The maximum atomic E-state index is 11.7. The van der Waals surface area contributed by atoms with Crippen LogP contribution in [0, 0.1) is 6.92 Å². The molecule has 0 saturated heterocycles. The van der Waals surface area contributed by atoms with Gasteiger partial charge in [0.2, 0.25) is 0 Å². The molecule has 0 saturated carbocycles. The summed E-state index contributed by atoms with van der Waals surface area (Å²) in [5.74, 6) is -1.24. The third-order valence-corrected chi connectivity index (χ3v) is 4.10. The molecule has 5 nitrogen and oxygen atoms in total. The normalized spacial score (nSPS) is 10.9. The van der Waals surface area contributed by atoms with Crippen LogP contribution in [-0.4, -0.2) is 20.7 Å². The molecular formula is C20H14N3O2-. The van der Waals surface area contributed by atoms with Crippen molar-refractivity contribution in [3.05, 3.63) is 78.0 Å². The second-order valence-electron chi connectivity index (χ2n) is 5.74. The molecule has 5 heteroatoms. The Labute approximate surface area is 144 Å². The molecule has 4 aromatic rings. The van der Waals surface area contributed by atoms with Gasteiger partial charge in [-0.2, -0.15) is 5.10 Å². The lowest BCUT2D eigenvalue weighted by Gasteiger charge is -2.10. The van der Waals surface area contributed by atoms with E-state index in [1.165, 1.54) is 0 Å². The number of carbonyl (C=O) groups is 1. The van der Waals surface area contributed by atoms with Crippen molar-refractivity contribution >= 4 is 17.0 Å². The summed E-state index contributed by atoms with van der Waals surface area (Å²) in [6.07, 6.45) is 0. The largest absolute Gasteiger partial charge is 0.545 e. The van der Waals surface area contributed by atoms with Crippen molar-refractivity contribution in [1.29, 1.82) is 0 Å². The molecule has 0 amide bonds. The molecule has 2 aromatic heterocycles. The number of pyridine rings is 1. The molecule has 0 unspecified atom stereocenters. The highest BCUT2D eigenvalue weighted by atomic mass is 16.4. The first-order valence-electron chi connectivity index (χ1n) is 7.87. The van der Waals surface area contributed by atoms with Crippen LogP contribution in [0.25, 0.3) is 28.0 Å². The lowest BCUT2D eigenvalue weighted by atomic mass is 10.1. The van der Waals surface area contributed by atoms with Gasteiger partial charge in [-0.3, -0.25) is 0 Å². The van der Waals surface area contributed by atoms with E-state index in [2.05, 4.69) is 5.10 Å². The second kappa shape index (κ2) is 5.87. The lowest BCUT2D eigenvalue weighted by molar-refractivity contribution is -0.254. The van der Waals surface area contributed by atoms with Crippen LogP contribution in [0.1, 0.15) is 16.1 Å².